The van der Waals surface area contributed by atoms with Crippen LogP contribution in [0.4, 0.5) is 0 Å². The maximum Gasteiger partial charge on any atom is 0.106 e. The minimum atomic E-state index is 0.798. The lowest BCUT2D eigenvalue weighted by molar-refractivity contribution is 0.124. The predicted molar refractivity (Wildman–Crippen MR) is 45.9 cm³/mol. The van der Waals surface area contributed by atoms with E-state index in [2.05, 4.69) is 12.0 Å². The Kier molecular flexibility index (Phi) is 1.79. The van der Waals surface area contributed by atoms with Gasteiger partial charge in [-0.05, 0) is 30.7 Å². The number of hydrogen-bond donors (Lipinski definition) is 0. The molecular formula is C9H14N2O. The van der Waals surface area contributed by atoms with Crippen molar-refractivity contribution in [2.45, 2.75) is 26.2 Å². The molecule has 2 rings (SSSR count). The summed E-state index contributed by atoms with van der Waals surface area (Å²) >= 11 is 0. The van der Waals surface area contributed by atoms with Gasteiger partial charge in [0.05, 0.1) is 11.9 Å². The van der Waals surface area contributed by atoms with E-state index < -0.39 is 0 Å². The first kappa shape index (κ1) is 7.65. The van der Waals surface area contributed by atoms with Crippen LogP contribution < -0.4 is 4.84 Å². The van der Waals surface area contributed by atoms with Crippen molar-refractivity contribution in [2.24, 2.45) is 5.92 Å². The van der Waals surface area contributed by atoms with Crippen molar-refractivity contribution in [2.75, 3.05) is 7.11 Å². The Hall–Kier alpha value is -0.990. The van der Waals surface area contributed by atoms with E-state index in [0.29, 0.717) is 0 Å². The first-order chi connectivity index (χ1) is 5.81. The molecule has 0 aromatic carbocycles. The highest BCUT2D eigenvalue weighted by molar-refractivity contribution is 5.20. The highest BCUT2D eigenvalue weighted by Gasteiger charge is 2.19. The molecule has 1 aromatic rings. The maximum atomic E-state index is 5.09. The average Bonchev–Trinajstić information content (AvgIpc) is 2.46. The van der Waals surface area contributed by atoms with Crippen LogP contribution in [-0.2, 0) is 12.8 Å². The quantitative estimate of drug-likeness (QED) is 0.624. The number of hydrogen-bond acceptors (Lipinski definition) is 2. The van der Waals surface area contributed by atoms with E-state index in [1.807, 2.05) is 6.20 Å². The molecule has 1 heterocycles. The van der Waals surface area contributed by atoms with E-state index in [-0.39, 0.29) is 0 Å². The van der Waals surface area contributed by atoms with Gasteiger partial charge in [-0.25, -0.2) is 0 Å². The standard InChI is InChI=1S/C9H14N2O/c1-7-3-4-9-8(5-7)6-10-11(9)12-2/h6-7H,3-5H2,1-2H3. The topological polar surface area (TPSA) is 27.1 Å². The fourth-order valence-corrected chi connectivity index (χ4v) is 1.83. The summed E-state index contributed by atoms with van der Waals surface area (Å²) in [6.45, 7) is 2.28. The molecule has 0 fully saturated rings. The first-order valence-corrected chi connectivity index (χ1v) is 4.41. The lowest BCUT2D eigenvalue weighted by Gasteiger charge is -2.18. The zero-order valence-electron chi connectivity index (χ0n) is 7.58. The molecule has 0 radical (unpaired) electrons. The summed E-state index contributed by atoms with van der Waals surface area (Å²) in [4.78, 5) is 6.73. The minimum absolute atomic E-state index is 0.798. The first-order valence-electron chi connectivity index (χ1n) is 4.41. The van der Waals surface area contributed by atoms with E-state index in [0.717, 1.165) is 18.8 Å². The van der Waals surface area contributed by atoms with Crippen LogP contribution in [0.15, 0.2) is 6.20 Å². The summed E-state index contributed by atoms with van der Waals surface area (Å²) in [6, 6.07) is 0. The highest BCUT2D eigenvalue weighted by Crippen LogP contribution is 2.24. The second-order valence-corrected chi connectivity index (χ2v) is 3.52. The summed E-state index contributed by atoms with van der Waals surface area (Å²) in [6.07, 6.45) is 5.43. The third kappa shape index (κ3) is 1.09. The monoisotopic (exact) mass is 166 g/mol. The molecule has 0 N–H and O–H groups in total. The molecule has 0 bridgehead atoms. The molecule has 1 aromatic heterocycles. The normalized spacial score (nSPS) is 22.0. The lowest BCUT2D eigenvalue weighted by Crippen LogP contribution is -2.17. The van der Waals surface area contributed by atoms with Crippen molar-refractivity contribution < 1.29 is 4.84 Å². The molecule has 0 saturated carbocycles. The fraction of sp³-hybridized carbons (Fsp3) is 0.667. The molecular weight excluding hydrogens is 152 g/mol. The second kappa shape index (κ2) is 2.81. The molecule has 1 atom stereocenters. The Morgan fingerprint density at radius 2 is 2.50 bits per heavy atom. The van der Waals surface area contributed by atoms with Crippen molar-refractivity contribution >= 4 is 0 Å². The van der Waals surface area contributed by atoms with E-state index in [1.54, 1.807) is 12.0 Å². The Labute approximate surface area is 72.3 Å². The van der Waals surface area contributed by atoms with Crippen molar-refractivity contribution in [3.05, 3.63) is 17.5 Å². The molecule has 3 heteroatoms. The van der Waals surface area contributed by atoms with Crippen LogP contribution in [-0.4, -0.2) is 17.1 Å². The molecule has 1 aliphatic carbocycles. The molecule has 3 nitrogen and oxygen atoms in total. The third-order valence-corrected chi connectivity index (χ3v) is 2.54. The zero-order chi connectivity index (χ0) is 8.55. The van der Waals surface area contributed by atoms with Gasteiger partial charge in [0.2, 0.25) is 0 Å². The Morgan fingerprint density at radius 3 is 3.25 bits per heavy atom. The summed E-state index contributed by atoms with van der Waals surface area (Å²) in [5, 5.41) is 4.15. The van der Waals surface area contributed by atoms with Crippen LogP contribution in [0.3, 0.4) is 0 Å². The minimum Gasteiger partial charge on any atom is -0.400 e. The second-order valence-electron chi connectivity index (χ2n) is 3.52. The van der Waals surface area contributed by atoms with Gasteiger partial charge in [0, 0.05) is 0 Å². The summed E-state index contributed by atoms with van der Waals surface area (Å²) in [7, 11) is 1.66. The van der Waals surface area contributed by atoms with Crippen molar-refractivity contribution in [3.8, 4) is 0 Å². The zero-order valence-corrected chi connectivity index (χ0v) is 7.58. The van der Waals surface area contributed by atoms with Crippen molar-refractivity contribution in [1.29, 1.82) is 0 Å². The van der Waals surface area contributed by atoms with E-state index in [4.69, 9.17) is 4.84 Å². The van der Waals surface area contributed by atoms with Crippen LogP contribution in [0.2, 0.25) is 0 Å². The highest BCUT2D eigenvalue weighted by atomic mass is 16.7. The van der Waals surface area contributed by atoms with Gasteiger partial charge in [0.1, 0.15) is 7.11 Å². The van der Waals surface area contributed by atoms with Crippen LogP contribution >= 0.6 is 0 Å². The Morgan fingerprint density at radius 1 is 1.67 bits per heavy atom. The van der Waals surface area contributed by atoms with Gasteiger partial charge < -0.3 is 4.84 Å². The van der Waals surface area contributed by atoms with Gasteiger partial charge in [0.25, 0.3) is 0 Å². The van der Waals surface area contributed by atoms with Gasteiger partial charge in [-0.3, -0.25) is 0 Å². The fourth-order valence-electron chi connectivity index (χ4n) is 1.83. The van der Waals surface area contributed by atoms with Gasteiger partial charge in [0.15, 0.2) is 0 Å². The van der Waals surface area contributed by atoms with E-state index in [9.17, 15) is 0 Å². The van der Waals surface area contributed by atoms with Crippen LogP contribution in [0.5, 0.6) is 0 Å². The summed E-state index contributed by atoms with van der Waals surface area (Å²) in [5.41, 5.74) is 2.62. The van der Waals surface area contributed by atoms with E-state index in [1.165, 1.54) is 17.7 Å². The molecule has 12 heavy (non-hydrogen) atoms. The Balaban J connectivity index is 2.32. The largest absolute Gasteiger partial charge is 0.400 e. The number of fused-ring (bicyclic) bond motifs is 1. The lowest BCUT2D eigenvalue weighted by atomic mass is 9.89. The number of rotatable bonds is 1. The van der Waals surface area contributed by atoms with Crippen molar-refractivity contribution in [1.82, 2.24) is 9.94 Å². The van der Waals surface area contributed by atoms with Gasteiger partial charge in [-0.15, -0.1) is 9.94 Å². The van der Waals surface area contributed by atoms with Crippen molar-refractivity contribution in [3.63, 3.8) is 0 Å². The summed E-state index contributed by atoms with van der Waals surface area (Å²) < 4.78 is 0. The molecule has 1 unspecified atom stereocenters. The molecule has 1 aliphatic rings. The molecule has 0 saturated heterocycles. The molecule has 0 spiro atoms. The van der Waals surface area contributed by atoms with Gasteiger partial charge >= 0.3 is 0 Å². The molecule has 66 valence electrons. The average molecular weight is 166 g/mol. The number of nitrogens with zero attached hydrogens (tertiary/aromatic N) is 2. The number of aromatic nitrogens is 2. The predicted octanol–water partition coefficient (Wildman–Crippen LogP) is 1.07. The van der Waals surface area contributed by atoms with Crippen LogP contribution in [0.25, 0.3) is 0 Å². The SMILES string of the molecule is COn1ncc2c1CCC(C)C2. The Bertz CT molecular complexity index is 280. The maximum absolute atomic E-state index is 5.09. The smallest absolute Gasteiger partial charge is 0.106 e. The third-order valence-electron chi connectivity index (χ3n) is 2.54. The van der Waals surface area contributed by atoms with E-state index >= 15 is 0 Å². The van der Waals surface area contributed by atoms with Crippen LogP contribution in [0, 0.1) is 5.92 Å². The van der Waals surface area contributed by atoms with Gasteiger partial charge in [-0.2, -0.15) is 0 Å². The summed E-state index contributed by atoms with van der Waals surface area (Å²) in [5.74, 6) is 0.798. The van der Waals surface area contributed by atoms with Crippen LogP contribution in [0.1, 0.15) is 24.6 Å². The van der Waals surface area contributed by atoms with Gasteiger partial charge in [-0.1, -0.05) is 6.92 Å². The molecule has 0 amide bonds. The molecule has 0 aliphatic heterocycles.